The molecule has 2 aromatic rings. The molecule has 0 aromatic heterocycles. The Morgan fingerprint density at radius 1 is 1.00 bits per heavy atom. The zero-order valence-electron chi connectivity index (χ0n) is 12.0. The number of benzene rings is 2. The van der Waals surface area contributed by atoms with Crippen LogP contribution in [-0.4, -0.2) is 0 Å². The number of halogens is 2. The van der Waals surface area contributed by atoms with Gasteiger partial charge in [0.05, 0.1) is 0 Å². The first-order valence-electron chi connectivity index (χ1n) is 7.40. The van der Waals surface area contributed by atoms with E-state index in [2.05, 4.69) is 52.4 Å². The van der Waals surface area contributed by atoms with Crippen molar-refractivity contribution in [3.8, 4) is 0 Å². The maximum absolute atomic E-state index is 13.1. The van der Waals surface area contributed by atoms with Crippen LogP contribution in [0.15, 0.2) is 53.0 Å². The van der Waals surface area contributed by atoms with Gasteiger partial charge in [0.1, 0.15) is 5.82 Å². The topological polar surface area (TPSA) is 12.0 Å². The van der Waals surface area contributed by atoms with E-state index in [0.717, 1.165) is 4.47 Å². The van der Waals surface area contributed by atoms with Crippen molar-refractivity contribution in [2.24, 2.45) is 5.92 Å². The van der Waals surface area contributed by atoms with E-state index in [-0.39, 0.29) is 11.9 Å². The second-order valence-electron chi connectivity index (χ2n) is 5.81. The van der Waals surface area contributed by atoms with E-state index in [4.69, 9.17) is 0 Å². The maximum Gasteiger partial charge on any atom is 0.123 e. The average molecular weight is 348 g/mol. The van der Waals surface area contributed by atoms with Crippen LogP contribution in [0.5, 0.6) is 0 Å². The minimum Gasteiger partial charge on any atom is -0.303 e. The van der Waals surface area contributed by atoms with Crippen molar-refractivity contribution >= 4 is 15.9 Å². The Bertz CT molecular complexity index is 590. The molecule has 1 fully saturated rings. The summed E-state index contributed by atoms with van der Waals surface area (Å²) >= 11 is 3.47. The second-order valence-corrected chi connectivity index (χ2v) is 6.72. The van der Waals surface area contributed by atoms with Crippen LogP contribution in [0.1, 0.15) is 43.0 Å². The predicted octanol–water partition coefficient (Wildman–Crippen LogP) is 5.39. The molecule has 0 radical (unpaired) electrons. The lowest BCUT2D eigenvalue weighted by Crippen LogP contribution is -2.26. The molecule has 1 aliphatic rings. The summed E-state index contributed by atoms with van der Waals surface area (Å²) in [5.74, 6) is 0.502. The molecular weight excluding hydrogens is 329 g/mol. The van der Waals surface area contributed by atoms with E-state index < -0.39 is 0 Å². The van der Waals surface area contributed by atoms with Crippen LogP contribution in [-0.2, 0) is 0 Å². The van der Waals surface area contributed by atoms with Gasteiger partial charge in [-0.15, -0.1) is 0 Å². The highest BCUT2D eigenvalue weighted by atomic mass is 79.9. The zero-order valence-corrected chi connectivity index (χ0v) is 13.6. The van der Waals surface area contributed by atoms with Crippen LogP contribution >= 0.6 is 15.9 Å². The highest BCUT2D eigenvalue weighted by Gasteiger charge is 2.33. The van der Waals surface area contributed by atoms with Crippen molar-refractivity contribution in [1.29, 1.82) is 0 Å². The van der Waals surface area contributed by atoms with Gasteiger partial charge in [0, 0.05) is 16.6 Å². The summed E-state index contributed by atoms with van der Waals surface area (Å²) in [5, 5.41) is 3.71. The van der Waals surface area contributed by atoms with Crippen molar-refractivity contribution in [2.45, 2.75) is 31.8 Å². The van der Waals surface area contributed by atoms with Gasteiger partial charge in [-0.25, -0.2) is 4.39 Å². The molecule has 0 amide bonds. The minimum atomic E-state index is -0.172. The monoisotopic (exact) mass is 347 g/mol. The highest BCUT2D eigenvalue weighted by Crippen LogP contribution is 2.42. The molecule has 1 N–H and O–H groups in total. The Morgan fingerprint density at radius 3 is 2.14 bits per heavy atom. The standard InChI is InChI=1S/C18H19BrFN/c1-12(13-4-8-16(19)9-5-13)21-18(14-2-3-14)15-6-10-17(20)11-7-15/h4-12,14,18,21H,2-3H2,1H3. The molecule has 2 atom stereocenters. The van der Waals surface area contributed by atoms with Gasteiger partial charge in [-0.3, -0.25) is 0 Å². The van der Waals surface area contributed by atoms with Gasteiger partial charge in [0.25, 0.3) is 0 Å². The van der Waals surface area contributed by atoms with E-state index in [0.29, 0.717) is 12.0 Å². The van der Waals surface area contributed by atoms with Gasteiger partial charge in [-0.2, -0.15) is 0 Å². The molecule has 1 nitrogen and oxygen atoms in total. The van der Waals surface area contributed by atoms with Crippen LogP contribution in [0.2, 0.25) is 0 Å². The number of nitrogens with one attached hydrogen (secondary N) is 1. The van der Waals surface area contributed by atoms with E-state index >= 15 is 0 Å². The predicted molar refractivity (Wildman–Crippen MR) is 87.6 cm³/mol. The zero-order chi connectivity index (χ0) is 14.8. The van der Waals surface area contributed by atoms with Gasteiger partial charge >= 0.3 is 0 Å². The van der Waals surface area contributed by atoms with Crippen LogP contribution in [0.25, 0.3) is 0 Å². The molecule has 0 spiro atoms. The van der Waals surface area contributed by atoms with Crippen LogP contribution in [0, 0.1) is 11.7 Å². The first kappa shape index (κ1) is 14.7. The molecule has 0 saturated heterocycles. The van der Waals surface area contributed by atoms with Crippen LogP contribution in [0.4, 0.5) is 4.39 Å². The summed E-state index contributed by atoms with van der Waals surface area (Å²) in [7, 11) is 0. The summed E-state index contributed by atoms with van der Waals surface area (Å²) in [6, 6.07) is 15.9. The lowest BCUT2D eigenvalue weighted by atomic mass is 9.99. The van der Waals surface area contributed by atoms with Crippen molar-refractivity contribution in [2.75, 3.05) is 0 Å². The average Bonchev–Trinajstić information content (AvgIpc) is 3.31. The van der Waals surface area contributed by atoms with Crippen molar-refractivity contribution < 1.29 is 4.39 Å². The van der Waals surface area contributed by atoms with Gasteiger partial charge in [0.2, 0.25) is 0 Å². The Kier molecular flexibility index (Phi) is 4.41. The van der Waals surface area contributed by atoms with Crippen LogP contribution in [0.3, 0.4) is 0 Å². The fraction of sp³-hybridized carbons (Fsp3) is 0.333. The summed E-state index contributed by atoms with van der Waals surface area (Å²) in [5.41, 5.74) is 2.45. The van der Waals surface area contributed by atoms with Crippen molar-refractivity contribution in [3.05, 3.63) is 69.9 Å². The highest BCUT2D eigenvalue weighted by molar-refractivity contribution is 9.10. The largest absolute Gasteiger partial charge is 0.303 e. The molecule has 110 valence electrons. The van der Waals surface area contributed by atoms with E-state index in [1.807, 2.05) is 12.1 Å². The first-order valence-corrected chi connectivity index (χ1v) is 8.20. The van der Waals surface area contributed by atoms with Crippen LogP contribution < -0.4 is 5.32 Å². The SMILES string of the molecule is CC(NC(c1ccc(F)cc1)C1CC1)c1ccc(Br)cc1. The third kappa shape index (κ3) is 3.72. The van der Waals surface area contributed by atoms with Gasteiger partial charge in [-0.05, 0) is 61.1 Å². The normalized spacial score (nSPS) is 17.5. The lowest BCUT2D eigenvalue weighted by Gasteiger charge is -2.24. The number of hydrogen-bond acceptors (Lipinski definition) is 1. The molecule has 0 bridgehead atoms. The Hall–Kier alpha value is -1.19. The van der Waals surface area contributed by atoms with E-state index in [9.17, 15) is 4.39 Å². The molecule has 21 heavy (non-hydrogen) atoms. The van der Waals surface area contributed by atoms with E-state index in [1.54, 1.807) is 12.1 Å². The smallest absolute Gasteiger partial charge is 0.123 e. The molecule has 1 saturated carbocycles. The Morgan fingerprint density at radius 2 is 1.57 bits per heavy atom. The fourth-order valence-corrected chi connectivity index (χ4v) is 2.99. The van der Waals surface area contributed by atoms with Crippen molar-refractivity contribution in [1.82, 2.24) is 5.32 Å². The molecule has 0 aliphatic heterocycles. The minimum absolute atomic E-state index is 0.172. The third-order valence-corrected chi connectivity index (χ3v) is 4.65. The molecule has 2 unspecified atom stereocenters. The molecule has 3 heteroatoms. The second kappa shape index (κ2) is 6.29. The van der Waals surface area contributed by atoms with Gasteiger partial charge < -0.3 is 5.32 Å². The molecule has 0 heterocycles. The maximum atomic E-state index is 13.1. The molecule has 1 aliphatic carbocycles. The number of hydrogen-bond donors (Lipinski definition) is 1. The number of rotatable bonds is 5. The molecular formula is C18H19BrFN. The molecule has 2 aromatic carbocycles. The quantitative estimate of drug-likeness (QED) is 0.764. The Balaban J connectivity index is 1.76. The Labute approximate surface area is 133 Å². The van der Waals surface area contributed by atoms with Crippen molar-refractivity contribution in [3.63, 3.8) is 0 Å². The summed E-state index contributed by atoms with van der Waals surface area (Å²) < 4.78 is 14.2. The van der Waals surface area contributed by atoms with Gasteiger partial charge in [-0.1, -0.05) is 40.2 Å². The molecule has 3 rings (SSSR count). The first-order chi connectivity index (χ1) is 10.1. The lowest BCUT2D eigenvalue weighted by molar-refractivity contribution is 0.427. The summed E-state index contributed by atoms with van der Waals surface area (Å²) in [4.78, 5) is 0. The third-order valence-electron chi connectivity index (χ3n) is 4.12. The summed E-state index contributed by atoms with van der Waals surface area (Å²) in [6.45, 7) is 2.18. The van der Waals surface area contributed by atoms with Gasteiger partial charge in [0.15, 0.2) is 0 Å². The summed E-state index contributed by atoms with van der Waals surface area (Å²) in [6.07, 6.45) is 2.50. The fourth-order valence-electron chi connectivity index (χ4n) is 2.72. The van der Waals surface area contributed by atoms with E-state index in [1.165, 1.54) is 24.0 Å².